The third kappa shape index (κ3) is 7.63. The summed E-state index contributed by atoms with van der Waals surface area (Å²) in [6.45, 7) is 2.51. The first-order valence-electron chi connectivity index (χ1n) is 11.3. The summed E-state index contributed by atoms with van der Waals surface area (Å²) >= 11 is 6.03. The number of methoxy groups -OCH3 is 1. The Hall–Kier alpha value is -3.23. The number of aryl methyl sites for hydroxylation is 1. The molecule has 2 N–H and O–H groups in total. The molecule has 0 saturated heterocycles. The van der Waals surface area contributed by atoms with Gasteiger partial charge in [0.15, 0.2) is 0 Å². The number of ether oxygens (including phenoxy) is 2. The van der Waals surface area contributed by atoms with Crippen LogP contribution in [0, 0.1) is 0 Å². The van der Waals surface area contributed by atoms with Gasteiger partial charge in [0, 0.05) is 24.0 Å². The minimum Gasteiger partial charge on any atom is -0.496 e. The van der Waals surface area contributed by atoms with Crippen molar-refractivity contribution >= 4 is 17.6 Å². The molecule has 0 amide bonds. The zero-order valence-corrected chi connectivity index (χ0v) is 20.6. The largest absolute Gasteiger partial charge is 0.496 e. The summed E-state index contributed by atoms with van der Waals surface area (Å²) in [4.78, 5) is 11.0. The van der Waals surface area contributed by atoms with Crippen molar-refractivity contribution in [3.05, 3.63) is 82.4 Å². The summed E-state index contributed by atoms with van der Waals surface area (Å²) in [5.74, 6) is -0.418. The molecule has 0 aromatic heterocycles. The van der Waals surface area contributed by atoms with E-state index in [1.807, 2.05) is 25.1 Å². The van der Waals surface area contributed by atoms with Gasteiger partial charge in [0.05, 0.1) is 12.7 Å². The number of hydrogen-bond donors (Lipinski definition) is 2. The van der Waals surface area contributed by atoms with E-state index in [-0.39, 0.29) is 31.2 Å². The van der Waals surface area contributed by atoms with Crippen molar-refractivity contribution in [1.29, 1.82) is 0 Å². The zero-order chi connectivity index (χ0) is 26.3. The van der Waals surface area contributed by atoms with Gasteiger partial charge in [-0.05, 0) is 78.1 Å². The number of rotatable bonds is 11. The molecule has 5 nitrogen and oxygen atoms in total. The minimum absolute atomic E-state index is 0.0205. The number of nitrogens with one attached hydrogen (secondary N) is 1. The predicted molar refractivity (Wildman–Crippen MR) is 133 cm³/mol. The summed E-state index contributed by atoms with van der Waals surface area (Å²) < 4.78 is 51.8. The highest BCUT2D eigenvalue weighted by Crippen LogP contribution is 2.37. The lowest BCUT2D eigenvalue weighted by Gasteiger charge is -2.17. The van der Waals surface area contributed by atoms with E-state index in [0.717, 1.165) is 17.7 Å². The minimum atomic E-state index is -4.56. The summed E-state index contributed by atoms with van der Waals surface area (Å²) in [7, 11) is 1.46. The van der Waals surface area contributed by atoms with Crippen LogP contribution in [-0.2, 0) is 17.4 Å². The molecule has 36 heavy (non-hydrogen) atoms. The molecule has 0 aliphatic rings. The molecule has 3 aromatic rings. The van der Waals surface area contributed by atoms with Crippen LogP contribution in [-0.4, -0.2) is 31.3 Å². The second kappa shape index (κ2) is 12.1. The van der Waals surface area contributed by atoms with Crippen LogP contribution in [0.4, 0.5) is 13.2 Å². The van der Waals surface area contributed by atoms with Gasteiger partial charge in [-0.1, -0.05) is 29.8 Å². The van der Waals surface area contributed by atoms with Gasteiger partial charge in [-0.15, -0.1) is 0 Å². The average Bonchev–Trinajstić information content (AvgIpc) is 2.84. The topological polar surface area (TPSA) is 67.8 Å². The molecule has 0 bridgehead atoms. The van der Waals surface area contributed by atoms with E-state index in [4.69, 9.17) is 26.2 Å². The van der Waals surface area contributed by atoms with E-state index in [9.17, 15) is 18.0 Å². The normalized spacial score (nSPS) is 12.3. The number of aliphatic carboxylic acids is 1. The number of alkyl halides is 3. The number of carboxylic acids is 1. The third-order valence-corrected chi connectivity index (χ3v) is 5.86. The van der Waals surface area contributed by atoms with Crippen molar-refractivity contribution in [2.45, 2.75) is 32.0 Å². The molecule has 3 aromatic carbocycles. The number of halogens is 4. The van der Waals surface area contributed by atoms with Gasteiger partial charge < -0.3 is 19.9 Å². The van der Waals surface area contributed by atoms with Crippen molar-refractivity contribution in [1.82, 2.24) is 5.32 Å². The predicted octanol–water partition coefficient (Wildman–Crippen LogP) is 6.78. The molecule has 192 valence electrons. The highest BCUT2D eigenvalue weighted by atomic mass is 35.5. The lowest BCUT2D eigenvalue weighted by Crippen LogP contribution is -2.24. The Morgan fingerprint density at radius 2 is 1.86 bits per heavy atom. The Morgan fingerprint density at radius 3 is 2.53 bits per heavy atom. The van der Waals surface area contributed by atoms with Gasteiger partial charge in [0.25, 0.3) is 0 Å². The van der Waals surface area contributed by atoms with Gasteiger partial charge in [0.1, 0.15) is 18.1 Å². The molecule has 0 spiro atoms. The summed E-state index contributed by atoms with van der Waals surface area (Å²) in [5, 5.41) is 12.9. The SMILES string of the molecule is COc1ccc(-c2cc(OCCNC(C)c3cccc(Cl)c3)cc(C(F)(F)F)c2)cc1CCC(=O)O. The first-order valence-corrected chi connectivity index (χ1v) is 11.7. The van der Waals surface area contributed by atoms with Crippen LogP contribution in [0.2, 0.25) is 5.02 Å². The monoisotopic (exact) mass is 521 g/mol. The Bertz CT molecular complexity index is 1200. The summed E-state index contributed by atoms with van der Waals surface area (Å²) in [6, 6.07) is 15.9. The smallest absolute Gasteiger partial charge is 0.416 e. The van der Waals surface area contributed by atoms with Gasteiger partial charge in [-0.2, -0.15) is 13.2 Å². The zero-order valence-electron chi connectivity index (χ0n) is 19.9. The van der Waals surface area contributed by atoms with E-state index in [1.165, 1.54) is 7.11 Å². The van der Waals surface area contributed by atoms with Gasteiger partial charge in [-0.3, -0.25) is 4.79 Å². The average molecular weight is 522 g/mol. The van der Waals surface area contributed by atoms with Crippen molar-refractivity contribution < 1.29 is 32.5 Å². The quantitative estimate of drug-likeness (QED) is 0.272. The van der Waals surface area contributed by atoms with Crippen LogP contribution < -0.4 is 14.8 Å². The van der Waals surface area contributed by atoms with Crippen LogP contribution in [0.25, 0.3) is 11.1 Å². The molecule has 0 saturated carbocycles. The maximum Gasteiger partial charge on any atom is 0.416 e. The first-order chi connectivity index (χ1) is 17.1. The number of benzene rings is 3. The van der Waals surface area contributed by atoms with E-state index in [2.05, 4.69) is 5.32 Å². The van der Waals surface area contributed by atoms with E-state index < -0.39 is 17.7 Å². The third-order valence-electron chi connectivity index (χ3n) is 5.63. The van der Waals surface area contributed by atoms with Crippen LogP contribution in [0.3, 0.4) is 0 Å². The number of hydrogen-bond acceptors (Lipinski definition) is 4. The fraction of sp³-hybridized carbons (Fsp3) is 0.296. The maximum absolute atomic E-state index is 13.6. The van der Waals surface area contributed by atoms with Crippen LogP contribution >= 0.6 is 11.6 Å². The molecule has 0 fully saturated rings. The van der Waals surface area contributed by atoms with Gasteiger partial charge in [-0.25, -0.2) is 0 Å². The first kappa shape index (κ1) is 27.4. The summed E-state index contributed by atoms with van der Waals surface area (Å²) in [5.41, 5.74) is 1.55. The fourth-order valence-corrected chi connectivity index (χ4v) is 3.94. The van der Waals surface area contributed by atoms with Gasteiger partial charge >= 0.3 is 12.1 Å². The number of carbonyl (C=O) groups is 1. The Morgan fingerprint density at radius 1 is 1.08 bits per heavy atom. The fourth-order valence-electron chi connectivity index (χ4n) is 3.75. The maximum atomic E-state index is 13.6. The molecule has 0 aliphatic heterocycles. The second-order valence-electron chi connectivity index (χ2n) is 8.24. The Kier molecular flexibility index (Phi) is 9.23. The van der Waals surface area contributed by atoms with Crippen molar-refractivity contribution in [3.8, 4) is 22.6 Å². The highest BCUT2D eigenvalue weighted by Gasteiger charge is 2.31. The van der Waals surface area contributed by atoms with E-state index in [0.29, 0.717) is 34.0 Å². The van der Waals surface area contributed by atoms with Gasteiger partial charge in [0.2, 0.25) is 0 Å². The molecule has 0 aliphatic carbocycles. The van der Waals surface area contributed by atoms with Crippen LogP contribution in [0.5, 0.6) is 11.5 Å². The van der Waals surface area contributed by atoms with E-state index >= 15 is 0 Å². The highest BCUT2D eigenvalue weighted by molar-refractivity contribution is 6.30. The molecule has 0 heterocycles. The molecule has 0 radical (unpaired) electrons. The van der Waals surface area contributed by atoms with Crippen molar-refractivity contribution in [2.75, 3.05) is 20.3 Å². The van der Waals surface area contributed by atoms with Crippen molar-refractivity contribution in [3.63, 3.8) is 0 Å². The Labute approximate surface area is 212 Å². The molecule has 9 heteroatoms. The molecular weight excluding hydrogens is 495 g/mol. The lowest BCUT2D eigenvalue weighted by atomic mass is 9.98. The van der Waals surface area contributed by atoms with Crippen molar-refractivity contribution in [2.24, 2.45) is 0 Å². The molecule has 1 unspecified atom stereocenters. The molecular formula is C27H27ClF3NO4. The van der Waals surface area contributed by atoms with E-state index in [1.54, 1.807) is 30.3 Å². The summed E-state index contributed by atoms with van der Waals surface area (Å²) in [6.07, 6.45) is -4.51. The molecule has 1 atom stereocenters. The lowest BCUT2D eigenvalue weighted by molar-refractivity contribution is -0.138. The number of carboxylic acid groups (broad SMARTS) is 1. The van der Waals surface area contributed by atoms with Crippen LogP contribution in [0.1, 0.15) is 36.1 Å². The van der Waals surface area contributed by atoms with Crippen LogP contribution in [0.15, 0.2) is 60.7 Å². The Balaban J connectivity index is 1.78. The molecule has 3 rings (SSSR count). The second-order valence-corrected chi connectivity index (χ2v) is 8.68. The standard InChI is InChI=1S/C27H27ClF3NO4/c1-17(18-4-3-5-23(28)14-18)32-10-11-36-24-15-21(13-22(16-24)27(29,30)31)19-6-8-25(35-2)20(12-19)7-9-26(33)34/h3-6,8,12-17,32H,7,9-11H2,1-2H3,(H,33,34).